The van der Waals surface area contributed by atoms with Crippen molar-refractivity contribution in [3.05, 3.63) is 17.0 Å². The van der Waals surface area contributed by atoms with Crippen LogP contribution in [0.1, 0.15) is 43.2 Å². The first-order chi connectivity index (χ1) is 12.7. The lowest BCUT2D eigenvalue weighted by Crippen LogP contribution is -2.47. The van der Waals surface area contributed by atoms with Crippen LogP contribution in [0.5, 0.6) is 0 Å². The molecular formula is C19H35IN4O3. The van der Waals surface area contributed by atoms with Gasteiger partial charge in [0.1, 0.15) is 5.76 Å². The van der Waals surface area contributed by atoms with Gasteiger partial charge in [-0.2, -0.15) is 0 Å². The topological polar surface area (TPSA) is 72.1 Å². The van der Waals surface area contributed by atoms with Crippen LogP contribution in [0.2, 0.25) is 0 Å². The summed E-state index contributed by atoms with van der Waals surface area (Å²) in [6.07, 6.45) is 4.26. The predicted octanol–water partition coefficient (Wildman–Crippen LogP) is 2.93. The molecule has 1 aliphatic rings. The molecule has 1 saturated heterocycles. The molecule has 8 heteroatoms. The maximum Gasteiger partial charge on any atom is 0.193 e. The number of aliphatic imine (C=N–C) groups is 1. The predicted molar refractivity (Wildman–Crippen MR) is 118 cm³/mol. The smallest absolute Gasteiger partial charge is 0.193 e. The van der Waals surface area contributed by atoms with Gasteiger partial charge in [-0.1, -0.05) is 5.16 Å². The minimum atomic E-state index is 0. The number of aromatic nitrogens is 1. The Morgan fingerprint density at radius 1 is 1.30 bits per heavy atom. The van der Waals surface area contributed by atoms with Crippen LogP contribution < -0.4 is 5.32 Å². The van der Waals surface area contributed by atoms with Crippen LogP contribution >= 0.6 is 24.0 Å². The molecule has 0 atom stereocenters. The molecule has 27 heavy (non-hydrogen) atoms. The highest BCUT2D eigenvalue weighted by Gasteiger charge is 2.21. The van der Waals surface area contributed by atoms with Gasteiger partial charge in [-0.3, -0.25) is 4.99 Å². The van der Waals surface area contributed by atoms with Gasteiger partial charge < -0.3 is 24.2 Å². The third kappa shape index (κ3) is 7.95. The number of methoxy groups -OCH3 is 1. The molecule has 156 valence electrons. The molecule has 0 spiro atoms. The summed E-state index contributed by atoms with van der Waals surface area (Å²) >= 11 is 0. The van der Waals surface area contributed by atoms with Gasteiger partial charge in [0, 0.05) is 52.1 Å². The van der Waals surface area contributed by atoms with E-state index in [1.807, 2.05) is 13.8 Å². The molecule has 1 fully saturated rings. The van der Waals surface area contributed by atoms with Crippen molar-refractivity contribution < 1.29 is 14.0 Å². The second-order valence-electron chi connectivity index (χ2n) is 6.69. The van der Waals surface area contributed by atoms with Crippen molar-refractivity contribution in [2.45, 2.75) is 52.6 Å². The number of nitrogens with one attached hydrogen (secondary N) is 1. The monoisotopic (exact) mass is 494 g/mol. The van der Waals surface area contributed by atoms with Crippen LogP contribution in [-0.2, 0) is 15.9 Å². The van der Waals surface area contributed by atoms with Crippen molar-refractivity contribution in [1.29, 1.82) is 0 Å². The van der Waals surface area contributed by atoms with Crippen LogP contribution in [0.25, 0.3) is 0 Å². The van der Waals surface area contributed by atoms with Crippen molar-refractivity contribution in [2.24, 2.45) is 4.99 Å². The molecule has 0 unspecified atom stereocenters. The maximum absolute atomic E-state index is 5.95. The summed E-state index contributed by atoms with van der Waals surface area (Å²) in [6.45, 7) is 11.2. The van der Waals surface area contributed by atoms with Crippen LogP contribution in [0.4, 0.5) is 0 Å². The van der Waals surface area contributed by atoms with Crippen LogP contribution in [0, 0.1) is 13.8 Å². The number of aryl methyl sites for hydroxylation is 2. The van der Waals surface area contributed by atoms with E-state index in [9.17, 15) is 0 Å². The average Bonchev–Trinajstić information content (AvgIpc) is 2.97. The van der Waals surface area contributed by atoms with E-state index in [4.69, 9.17) is 19.0 Å². The van der Waals surface area contributed by atoms with E-state index in [1.54, 1.807) is 7.11 Å². The summed E-state index contributed by atoms with van der Waals surface area (Å²) in [5.41, 5.74) is 2.14. The zero-order chi connectivity index (χ0) is 18.8. The summed E-state index contributed by atoms with van der Waals surface area (Å²) in [6, 6.07) is 0. The minimum Gasteiger partial charge on any atom is -0.385 e. The zero-order valence-corrected chi connectivity index (χ0v) is 19.5. The molecule has 0 amide bonds. The van der Waals surface area contributed by atoms with E-state index < -0.39 is 0 Å². The minimum absolute atomic E-state index is 0. The number of guanidine groups is 1. The van der Waals surface area contributed by atoms with Crippen molar-refractivity contribution in [1.82, 2.24) is 15.4 Å². The van der Waals surface area contributed by atoms with Gasteiger partial charge in [0.05, 0.1) is 11.8 Å². The third-order valence-electron chi connectivity index (χ3n) is 4.73. The highest BCUT2D eigenvalue weighted by Crippen LogP contribution is 2.15. The maximum atomic E-state index is 5.95. The highest BCUT2D eigenvalue weighted by atomic mass is 127. The van der Waals surface area contributed by atoms with E-state index in [1.165, 1.54) is 5.56 Å². The number of hydrogen-bond acceptors (Lipinski definition) is 5. The molecule has 0 bridgehead atoms. The number of nitrogens with zero attached hydrogens (tertiary/aromatic N) is 3. The molecule has 0 radical (unpaired) electrons. The molecule has 1 aromatic heterocycles. The summed E-state index contributed by atoms with van der Waals surface area (Å²) < 4.78 is 16.2. The fraction of sp³-hybridized carbons (Fsp3) is 0.789. The number of piperidine rings is 1. The first-order valence-electron chi connectivity index (χ1n) is 9.71. The third-order valence-corrected chi connectivity index (χ3v) is 4.73. The molecule has 0 aliphatic carbocycles. The quantitative estimate of drug-likeness (QED) is 0.247. The Balaban J connectivity index is 0.00000364. The van der Waals surface area contributed by atoms with Gasteiger partial charge in [-0.15, -0.1) is 24.0 Å². The number of ether oxygens (including phenoxy) is 2. The Hall–Kier alpha value is -0.870. The molecule has 0 aromatic carbocycles. The van der Waals surface area contributed by atoms with Crippen LogP contribution in [0.3, 0.4) is 0 Å². The number of halogens is 1. The first kappa shape index (κ1) is 24.2. The van der Waals surface area contributed by atoms with E-state index in [-0.39, 0.29) is 24.0 Å². The number of likely N-dealkylation sites (tertiary alicyclic amines) is 1. The lowest BCUT2D eigenvalue weighted by Gasteiger charge is -2.34. The summed E-state index contributed by atoms with van der Waals surface area (Å²) in [5.74, 6) is 1.89. The van der Waals surface area contributed by atoms with Crippen molar-refractivity contribution in [2.75, 3.05) is 46.5 Å². The summed E-state index contributed by atoms with van der Waals surface area (Å²) in [7, 11) is 1.73. The van der Waals surface area contributed by atoms with Gasteiger partial charge in [0.15, 0.2) is 5.96 Å². The molecule has 2 rings (SSSR count). The molecule has 2 heterocycles. The van der Waals surface area contributed by atoms with Crippen LogP contribution in [0.15, 0.2) is 9.52 Å². The van der Waals surface area contributed by atoms with Crippen molar-refractivity contribution in [3.8, 4) is 0 Å². The molecule has 1 aliphatic heterocycles. The zero-order valence-electron chi connectivity index (χ0n) is 17.1. The number of rotatable bonds is 9. The SMILES string of the molecule is CCNC(=NCCc1c(C)noc1C)N1CCC(OCCCOC)CC1.I. The molecule has 1 aromatic rings. The Bertz CT molecular complexity index is 538. The lowest BCUT2D eigenvalue weighted by atomic mass is 10.1. The van der Waals surface area contributed by atoms with Crippen molar-refractivity contribution in [3.63, 3.8) is 0 Å². The molecule has 0 saturated carbocycles. The van der Waals surface area contributed by atoms with Crippen LogP contribution in [-0.4, -0.2) is 68.6 Å². The Labute approximate surface area is 180 Å². The average molecular weight is 494 g/mol. The van der Waals surface area contributed by atoms with Gasteiger partial charge >= 0.3 is 0 Å². The highest BCUT2D eigenvalue weighted by molar-refractivity contribution is 14.0. The van der Waals surface area contributed by atoms with E-state index in [2.05, 4.69) is 22.3 Å². The van der Waals surface area contributed by atoms with E-state index in [0.717, 1.165) is 82.5 Å². The normalized spacial score (nSPS) is 15.7. The summed E-state index contributed by atoms with van der Waals surface area (Å²) in [4.78, 5) is 7.15. The van der Waals surface area contributed by atoms with Gasteiger partial charge in [0.25, 0.3) is 0 Å². The van der Waals surface area contributed by atoms with Crippen molar-refractivity contribution >= 4 is 29.9 Å². The second-order valence-corrected chi connectivity index (χ2v) is 6.69. The Morgan fingerprint density at radius 2 is 2.04 bits per heavy atom. The van der Waals surface area contributed by atoms with Gasteiger partial charge in [-0.25, -0.2) is 0 Å². The van der Waals surface area contributed by atoms with Gasteiger partial charge in [-0.05, 0) is 46.5 Å². The van der Waals surface area contributed by atoms with E-state index >= 15 is 0 Å². The fourth-order valence-electron chi connectivity index (χ4n) is 3.25. The van der Waals surface area contributed by atoms with E-state index in [0.29, 0.717) is 6.10 Å². The summed E-state index contributed by atoms with van der Waals surface area (Å²) in [5, 5.41) is 7.43. The van der Waals surface area contributed by atoms with Gasteiger partial charge in [0.2, 0.25) is 0 Å². The second kappa shape index (κ2) is 13.3. The first-order valence-corrected chi connectivity index (χ1v) is 9.71. The Morgan fingerprint density at radius 3 is 2.63 bits per heavy atom. The largest absolute Gasteiger partial charge is 0.385 e. The fourth-order valence-corrected chi connectivity index (χ4v) is 3.25. The lowest BCUT2D eigenvalue weighted by molar-refractivity contribution is 0.00991. The molecular weight excluding hydrogens is 459 g/mol. The Kier molecular flexibility index (Phi) is 11.9. The molecule has 1 N–H and O–H groups in total. The number of hydrogen-bond donors (Lipinski definition) is 1. The standard InChI is InChI=1S/C19H34N4O3.HI/c1-5-20-19(21-10-7-18-15(2)22-26-16(18)3)23-11-8-17(9-12-23)25-14-6-13-24-4;/h17H,5-14H2,1-4H3,(H,20,21);1H. The molecule has 7 nitrogen and oxygen atoms in total.